The number of nitrogens with zero attached hydrogens (tertiary/aromatic N) is 1. The molecule has 0 aliphatic carbocycles. The molecule has 16 nitrogen and oxygen atoms in total. The summed E-state index contributed by atoms with van der Waals surface area (Å²) in [6.45, 7) is 11.7. The van der Waals surface area contributed by atoms with Crippen molar-refractivity contribution in [1.82, 2.24) is 0 Å². The number of methoxy groups -OCH3 is 5. The van der Waals surface area contributed by atoms with Crippen LogP contribution in [0.15, 0.2) is 42.5 Å². The van der Waals surface area contributed by atoms with Crippen LogP contribution in [0.3, 0.4) is 0 Å². The molecule has 1 N–H and O–H groups in total. The average molecular weight is 815 g/mol. The molecule has 328 valence electrons. The number of hydrogen-bond donors (Lipinski definition) is 1. The molecule has 0 saturated heterocycles. The van der Waals surface area contributed by atoms with Crippen LogP contribution in [0.5, 0.6) is 11.5 Å². The second kappa shape index (κ2) is 36.3. The Morgan fingerprint density at radius 2 is 0.965 bits per heavy atom. The van der Waals surface area contributed by atoms with E-state index in [1.165, 1.54) is 0 Å². The van der Waals surface area contributed by atoms with E-state index < -0.39 is 0 Å². The fourth-order valence-electron chi connectivity index (χ4n) is 5.14. The third kappa shape index (κ3) is 26.0. The highest BCUT2D eigenvalue weighted by Gasteiger charge is 2.17. The lowest BCUT2D eigenvalue weighted by molar-refractivity contribution is -0.0369. The monoisotopic (exact) mass is 814 g/mol. The van der Waals surface area contributed by atoms with E-state index in [4.69, 9.17) is 66.3 Å². The first-order valence-electron chi connectivity index (χ1n) is 19.7. The third-order valence-electron chi connectivity index (χ3n) is 8.13. The minimum atomic E-state index is -0.341. The van der Waals surface area contributed by atoms with Crippen LogP contribution in [-0.4, -0.2) is 187 Å². The van der Waals surface area contributed by atoms with Crippen molar-refractivity contribution in [2.24, 2.45) is 0 Å². The molecule has 2 aromatic carbocycles. The van der Waals surface area contributed by atoms with E-state index in [0.29, 0.717) is 158 Å². The number of anilines is 2. The second-order valence-corrected chi connectivity index (χ2v) is 12.3. The zero-order chi connectivity index (χ0) is 40.9. The quantitative estimate of drug-likeness (QED) is 0.0973. The van der Waals surface area contributed by atoms with Crippen LogP contribution < -0.4 is 19.7 Å². The Bertz CT molecular complexity index is 1170. The highest BCUT2D eigenvalue weighted by Crippen LogP contribution is 2.29. The lowest BCUT2D eigenvalue weighted by Crippen LogP contribution is -2.32. The van der Waals surface area contributed by atoms with Gasteiger partial charge in [-0.1, -0.05) is 6.07 Å². The van der Waals surface area contributed by atoms with Gasteiger partial charge in [-0.3, -0.25) is 0 Å². The minimum Gasteiger partial charge on any atom is -0.497 e. The molecule has 0 radical (unpaired) electrons. The van der Waals surface area contributed by atoms with Gasteiger partial charge in [0.2, 0.25) is 0 Å². The van der Waals surface area contributed by atoms with Crippen molar-refractivity contribution in [2.75, 3.05) is 198 Å². The molecule has 0 heterocycles. The Balaban J connectivity index is 1.85. The summed E-state index contributed by atoms with van der Waals surface area (Å²) in [4.78, 5) is 2.21. The molecule has 2 rings (SSSR count). The van der Waals surface area contributed by atoms with Gasteiger partial charge < -0.3 is 76.5 Å². The highest BCUT2D eigenvalue weighted by molar-refractivity contribution is 5.54. The van der Waals surface area contributed by atoms with Gasteiger partial charge in [0.1, 0.15) is 17.6 Å². The predicted octanol–water partition coefficient (Wildman–Crippen LogP) is 3.75. The summed E-state index contributed by atoms with van der Waals surface area (Å²) in [6, 6.07) is 13.9. The summed E-state index contributed by atoms with van der Waals surface area (Å²) in [6.07, 6.45) is -0.341. The van der Waals surface area contributed by atoms with E-state index >= 15 is 0 Å². The first kappa shape index (κ1) is 50.3. The highest BCUT2D eigenvalue weighted by atomic mass is 16.6. The minimum absolute atomic E-state index is 0.341. The Labute approximate surface area is 340 Å². The maximum Gasteiger partial charge on any atom is 0.121 e. The van der Waals surface area contributed by atoms with Gasteiger partial charge in [-0.2, -0.15) is 0 Å². The van der Waals surface area contributed by atoms with Gasteiger partial charge in [-0.15, -0.1) is 0 Å². The molecular formula is C41H70N2O14. The summed E-state index contributed by atoms with van der Waals surface area (Å²) in [5, 5.41) is 3.32. The van der Waals surface area contributed by atoms with E-state index in [2.05, 4.69) is 16.3 Å². The number of hydrogen-bond acceptors (Lipinski definition) is 16. The molecule has 0 saturated carbocycles. The third-order valence-corrected chi connectivity index (χ3v) is 8.13. The Morgan fingerprint density at radius 1 is 0.474 bits per heavy atom. The molecule has 1 atom stereocenters. The molecule has 0 bridgehead atoms. The molecule has 0 amide bonds. The topological polar surface area (TPSA) is 144 Å². The predicted molar refractivity (Wildman–Crippen MR) is 218 cm³/mol. The molecule has 0 aromatic heterocycles. The van der Waals surface area contributed by atoms with Gasteiger partial charge in [-0.05, 0) is 29.8 Å². The van der Waals surface area contributed by atoms with Crippen molar-refractivity contribution in [3.63, 3.8) is 0 Å². The van der Waals surface area contributed by atoms with Crippen LogP contribution in [0.25, 0.3) is 0 Å². The molecule has 16 heteroatoms. The number of benzene rings is 2. The van der Waals surface area contributed by atoms with Gasteiger partial charge in [0, 0.05) is 64.5 Å². The van der Waals surface area contributed by atoms with Gasteiger partial charge in [0.15, 0.2) is 0 Å². The van der Waals surface area contributed by atoms with E-state index in [-0.39, 0.29) is 6.10 Å². The summed E-state index contributed by atoms with van der Waals surface area (Å²) in [7, 11) is 8.26. The Morgan fingerprint density at radius 3 is 1.47 bits per heavy atom. The van der Waals surface area contributed by atoms with E-state index in [9.17, 15) is 0 Å². The maximum absolute atomic E-state index is 6.27. The average Bonchev–Trinajstić information content (AvgIpc) is 3.24. The van der Waals surface area contributed by atoms with Gasteiger partial charge >= 0.3 is 0 Å². The zero-order valence-corrected chi connectivity index (χ0v) is 35.0. The van der Waals surface area contributed by atoms with Crippen LogP contribution in [0, 0.1) is 0 Å². The molecular weight excluding hydrogens is 744 g/mol. The standard InChI is InChI=1S/C41H70N2O14/c1-44-15-17-52-25-27-54-23-20-50-13-10-43(11-14-51-21-24-55-28-26-53-18-16-45-2)38-31-36(32-40(34-38)48-5)41(35-46-3)57-30-29-56-22-19-49-12-9-42-37-7-6-8-39(33-37)47-4/h6-8,31-34,41-42H,9-30,35H2,1-5H3. The molecule has 1 unspecified atom stereocenters. The SMILES string of the molecule is COCCOCCOCCOCCN(CCOCCOCCOCCOC)c1cc(OC)cc(C(COC)OCCOCCOCCNc2cccc(OC)c2)c1. The lowest BCUT2D eigenvalue weighted by atomic mass is 10.1. The first-order chi connectivity index (χ1) is 28.1. The molecule has 0 aliphatic heterocycles. The van der Waals surface area contributed by atoms with Crippen molar-refractivity contribution >= 4 is 11.4 Å². The summed E-state index contributed by atoms with van der Waals surface area (Å²) in [5.74, 6) is 1.51. The molecule has 0 aliphatic rings. The van der Waals surface area contributed by atoms with Crippen LogP contribution in [0.4, 0.5) is 11.4 Å². The fourth-order valence-corrected chi connectivity index (χ4v) is 5.14. The van der Waals surface area contributed by atoms with E-state index in [0.717, 1.165) is 22.7 Å². The van der Waals surface area contributed by atoms with Crippen molar-refractivity contribution in [3.8, 4) is 11.5 Å². The van der Waals surface area contributed by atoms with Crippen LogP contribution in [-0.2, 0) is 56.8 Å². The summed E-state index contributed by atoms with van der Waals surface area (Å²) < 4.78 is 78.3. The molecule has 0 fully saturated rings. The summed E-state index contributed by atoms with van der Waals surface area (Å²) >= 11 is 0. The summed E-state index contributed by atoms with van der Waals surface area (Å²) in [5.41, 5.74) is 2.86. The van der Waals surface area contributed by atoms with Crippen molar-refractivity contribution in [1.29, 1.82) is 0 Å². The Kier molecular flexibility index (Phi) is 32.0. The smallest absolute Gasteiger partial charge is 0.121 e. The fraction of sp³-hybridized carbons (Fsp3) is 0.707. The van der Waals surface area contributed by atoms with Crippen molar-refractivity contribution in [3.05, 3.63) is 48.0 Å². The first-order valence-corrected chi connectivity index (χ1v) is 19.7. The van der Waals surface area contributed by atoms with Gasteiger partial charge in [-0.25, -0.2) is 0 Å². The number of nitrogens with one attached hydrogen (secondary N) is 1. The maximum atomic E-state index is 6.27. The normalized spacial score (nSPS) is 11.9. The van der Waals surface area contributed by atoms with E-state index in [1.807, 2.05) is 36.4 Å². The number of rotatable bonds is 41. The van der Waals surface area contributed by atoms with Crippen LogP contribution in [0.1, 0.15) is 11.7 Å². The Hall–Kier alpha value is -2.84. The number of ether oxygens (including phenoxy) is 14. The zero-order valence-electron chi connectivity index (χ0n) is 35.0. The lowest BCUT2D eigenvalue weighted by Gasteiger charge is -2.27. The van der Waals surface area contributed by atoms with Crippen LogP contribution >= 0.6 is 0 Å². The molecule has 57 heavy (non-hydrogen) atoms. The van der Waals surface area contributed by atoms with Crippen LogP contribution in [0.2, 0.25) is 0 Å². The second-order valence-electron chi connectivity index (χ2n) is 12.3. The van der Waals surface area contributed by atoms with Gasteiger partial charge in [0.05, 0.1) is 146 Å². The molecule has 0 spiro atoms. The van der Waals surface area contributed by atoms with E-state index in [1.54, 1.807) is 35.5 Å². The van der Waals surface area contributed by atoms with Crippen molar-refractivity contribution < 1.29 is 66.3 Å². The molecule has 2 aromatic rings. The largest absolute Gasteiger partial charge is 0.497 e. The van der Waals surface area contributed by atoms with Crippen molar-refractivity contribution in [2.45, 2.75) is 6.10 Å². The van der Waals surface area contributed by atoms with Gasteiger partial charge in [0.25, 0.3) is 0 Å².